The van der Waals surface area contributed by atoms with Gasteiger partial charge >= 0.3 is 0 Å². The van der Waals surface area contributed by atoms with Crippen LogP contribution in [0.5, 0.6) is 0 Å². The molecule has 0 saturated carbocycles. The number of nitrogens with one attached hydrogen (secondary N) is 1. The first-order chi connectivity index (χ1) is 9.13. The van der Waals surface area contributed by atoms with E-state index in [-0.39, 0.29) is 0 Å². The molecule has 0 aliphatic carbocycles. The molecule has 1 heterocycles. The molecule has 0 aliphatic heterocycles. The van der Waals surface area contributed by atoms with Crippen LogP contribution < -0.4 is 10.2 Å². The molecule has 4 heteroatoms. The topological polar surface area (TPSA) is 41.1 Å². The van der Waals surface area contributed by atoms with Crippen molar-refractivity contribution in [2.75, 3.05) is 29.9 Å². The zero-order valence-corrected chi connectivity index (χ0v) is 13.0. The van der Waals surface area contributed by atoms with Gasteiger partial charge in [0, 0.05) is 25.2 Å². The minimum atomic E-state index is 0.682. The van der Waals surface area contributed by atoms with E-state index in [0.717, 1.165) is 43.3 Å². The summed E-state index contributed by atoms with van der Waals surface area (Å²) in [6.07, 6.45) is 3.96. The molecule has 0 amide bonds. The van der Waals surface area contributed by atoms with Crippen LogP contribution in [0.2, 0.25) is 0 Å². The third kappa shape index (κ3) is 4.37. The van der Waals surface area contributed by atoms with Gasteiger partial charge in [0.15, 0.2) is 0 Å². The van der Waals surface area contributed by atoms with E-state index >= 15 is 0 Å². The van der Waals surface area contributed by atoms with Gasteiger partial charge in [-0.1, -0.05) is 27.2 Å². The molecule has 1 rings (SSSR count). The molecule has 0 radical (unpaired) electrons. The summed E-state index contributed by atoms with van der Waals surface area (Å²) in [6.45, 7) is 14.0. The second kappa shape index (κ2) is 7.97. The van der Waals surface area contributed by atoms with Gasteiger partial charge in [-0.05, 0) is 26.2 Å². The fourth-order valence-corrected chi connectivity index (χ4v) is 2.05. The molecule has 0 spiro atoms. The van der Waals surface area contributed by atoms with E-state index in [2.05, 4.69) is 54.8 Å². The standard InChI is InChI=1S/C15H28N4/c1-6-9-16-14-13(5)15(18-11-17-14)19(8-3)10-12(4)7-2/h11-12H,6-10H2,1-5H3,(H,16,17,18). The van der Waals surface area contributed by atoms with Crippen molar-refractivity contribution < 1.29 is 0 Å². The maximum Gasteiger partial charge on any atom is 0.137 e. The lowest BCUT2D eigenvalue weighted by atomic mass is 10.1. The van der Waals surface area contributed by atoms with Crippen molar-refractivity contribution in [1.82, 2.24) is 9.97 Å². The van der Waals surface area contributed by atoms with Crippen molar-refractivity contribution in [3.05, 3.63) is 11.9 Å². The van der Waals surface area contributed by atoms with Crippen LogP contribution in [0.25, 0.3) is 0 Å². The number of anilines is 2. The Morgan fingerprint density at radius 2 is 2.00 bits per heavy atom. The van der Waals surface area contributed by atoms with Gasteiger partial charge in [-0.2, -0.15) is 0 Å². The minimum Gasteiger partial charge on any atom is -0.370 e. The highest BCUT2D eigenvalue weighted by Gasteiger charge is 2.14. The van der Waals surface area contributed by atoms with Crippen molar-refractivity contribution in [1.29, 1.82) is 0 Å². The van der Waals surface area contributed by atoms with Crippen LogP contribution in [0, 0.1) is 12.8 Å². The molecule has 1 N–H and O–H groups in total. The predicted molar refractivity (Wildman–Crippen MR) is 82.9 cm³/mol. The van der Waals surface area contributed by atoms with E-state index in [0.29, 0.717) is 5.92 Å². The van der Waals surface area contributed by atoms with Crippen molar-refractivity contribution in [3.8, 4) is 0 Å². The summed E-state index contributed by atoms with van der Waals surface area (Å²) in [5.41, 5.74) is 1.15. The summed E-state index contributed by atoms with van der Waals surface area (Å²) in [6, 6.07) is 0. The Kier molecular flexibility index (Phi) is 6.60. The normalized spacial score (nSPS) is 12.3. The predicted octanol–water partition coefficient (Wildman–Crippen LogP) is 3.48. The Balaban J connectivity index is 2.90. The molecule has 1 unspecified atom stereocenters. The Morgan fingerprint density at radius 3 is 2.58 bits per heavy atom. The number of hydrogen-bond donors (Lipinski definition) is 1. The van der Waals surface area contributed by atoms with E-state index < -0.39 is 0 Å². The van der Waals surface area contributed by atoms with Gasteiger partial charge in [0.2, 0.25) is 0 Å². The van der Waals surface area contributed by atoms with E-state index in [4.69, 9.17) is 0 Å². The van der Waals surface area contributed by atoms with Gasteiger partial charge in [-0.15, -0.1) is 0 Å². The van der Waals surface area contributed by atoms with Crippen molar-refractivity contribution in [2.45, 2.75) is 47.5 Å². The fraction of sp³-hybridized carbons (Fsp3) is 0.733. The molecule has 1 aromatic rings. The smallest absolute Gasteiger partial charge is 0.137 e. The highest BCUT2D eigenvalue weighted by molar-refractivity contribution is 5.57. The Morgan fingerprint density at radius 1 is 1.26 bits per heavy atom. The van der Waals surface area contributed by atoms with E-state index in [1.165, 1.54) is 6.42 Å². The lowest BCUT2D eigenvalue weighted by Crippen LogP contribution is -2.30. The lowest BCUT2D eigenvalue weighted by molar-refractivity contribution is 0.545. The molecule has 0 fully saturated rings. The fourth-order valence-electron chi connectivity index (χ4n) is 2.05. The maximum atomic E-state index is 4.48. The molecule has 0 saturated heterocycles. The Labute approximate surface area is 117 Å². The van der Waals surface area contributed by atoms with Gasteiger partial charge in [-0.25, -0.2) is 9.97 Å². The van der Waals surface area contributed by atoms with E-state index in [1.807, 2.05) is 0 Å². The minimum absolute atomic E-state index is 0.682. The lowest BCUT2D eigenvalue weighted by Gasteiger charge is -2.27. The van der Waals surface area contributed by atoms with E-state index in [1.54, 1.807) is 6.33 Å². The summed E-state index contributed by atoms with van der Waals surface area (Å²) in [5, 5.41) is 3.37. The number of aromatic nitrogens is 2. The van der Waals surface area contributed by atoms with Crippen LogP contribution in [0.4, 0.5) is 11.6 Å². The van der Waals surface area contributed by atoms with Crippen molar-refractivity contribution >= 4 is 11.6 Å². The molecule has 0 bridgehead atoms. The highest BCUT2D eigenvalue weighted by Crippen LogP contribution is 2.23. The van der Waals surface area contributed by atoms with Crippen LogP contribution in [0.15, 0.2) is 6.33 Å². The van der Waals surface area contributed by atoms with Crippen LogP contribution in [0.1, 0.15) is 46.1 Å². The first-order valence-electron chi connectivity index (χ1n) is 7.44. The van der Waals surface area contributed by atoms with Gasteiger partial charge in [0.05, 0.1) is 0 Å². The number of nitrogens with zero attached hydrogens (tertiary/aromatic N) is 3. The molecular weight excluding hydrogens is 236 g/mol. The van der Waals surface area contributed by atoms with E-state index in [9.17, 15) is 0 Å². The summed E-state index contributed by atoms with van der Waals surface area (Å²) in [4.78, 5) is 11.2. The van der Waals surface area contributed by atoms with Crippen LogP contribution in [-0.2, 0) is 0 Å². The molecule has 1 aromatic heterocycles. The zero-order chi connectivity index (χ0) is 14.3. The molecule has 19 heavy (non-hydrogen) atoms. The average Bonchev–Trinajstić information content (AvgIpc) is 2.43. The summed E-state index contributed by atoms with van der Waals surface area (Å²) >= 11 is 0. The van der Waals surface area contributed by atoms with Gasteiger partial charge < -0.3 is 10.2 Å². The Bertz CT molecular complexity index is 378. The summed E-state index contributed by atoms with van der Waals surface area (Å²) in [5.74, 6) is 2.72. The van der Waals surface area contributed by atoms with Gasteiger partial charge in [-0.3, -0.25) is 0 Å². The average molecular weight is 264 g/mol. The number of hydrogen-bond acceptors (Lipinski definition) is 4. The zero-order valence-electron chi connectivity index (χ0n) is 13.0. The SMILES string of the molecule is CCCNc1ncnc(N(CC)CC(C)CC)c1C. The first-order valence-corrected chi connectivity index (χ1v) is 7.44. The third-order valence-corrected chi connectivity index (χ3v) is 3.51. The largest absolute Gasteiger partial charge is 0.370 e. The second-order valence-electron chi connectivity index (χ2n) is 5.15. The maximum absolute atomic E-state index is 4.48. The van der Waals surface area contributed by atoms with Crippen LogP contribution in [-0.4, -0.2) is 29.6 Å². The highest BCUT2D eigenvalue weighted by atomic mass is 15.2. The monoisotopic (exact) mass is 264 g/mol. The van der Waals surface area contributed by atoms with Crippen LogP contribution in [0.3, 0.4) is 0 Å². The number of rotatable bonds is 8. The summed E-state index contributed by atoms with van der Waals surface area (Å²) < 4.78 is 0. The third-order valence-electron chi connectivity index (χ3n) is 3.51. The molecule has 108 valence electrons. The molecular formula is C15H28N4. The first kappa shape index (κ1) is 15.7. The molecule has 1 atom stereocenters. The van der Waals surface area contributed by atoms with Crippen molar-refractivity contribution in [2.24, 2.45) is 5.92 Å². The van der Waals surface area contributed by atoms with Crippen LogP contribution >= 0.6 is 0 Å². The quantitative estimate of drug-likeness (QED) is 0.780. The second-order valence-corrected chi connectivity index (χ2v) is 5.15. The van der Waals surface area contributed by atoms with Gasteiger partial charge in [0.25, 0.3) is 0 Å². The Hall–Kier alpha value is -1.32. The van der Waals surface area contributed by atoms with Crippen molar-refractivity contribution in [3.63, 3.8) is 0 Å². The molecule has 0 aromatic carbocycles. The molecule has 0 aliphatic rings. The van der Waals surface area contributed by atoms with Gasteiger partial charge in [0.1, 0.15) is 18.0 Å². The molecule has 4 nitrogen and oxygen atoms in total. The summed E-state index contributed by atoms with van der Waals surface area (Å²) in [7, 11) is 0.